The molecule has 19 heteroatoms. The highest BCUT2D eigenvalue weighted by molar-refractivity contribution is 7.47. The van der Waals surface area contributed by atoms with Crippen molar-refractivity contribution in [2.45, 2.75) is 380 Å². The molecule has 0 bridgehead atoms. The maximum absolute atomic E-state index is 13.1. The fourth-order valence-electron chi connectivity index (χ4n) is 10.9. The Morgan fingerprint density at radius 3 is 0.796 bits per heavy atom. The molecule has 572 valence electrons. The van der Waals surface area contributed by atoms with E-state index in [0.717, 1.165) is 148 Å². The molecule has 0 heterocycles. The van der Waals surface area contributed by atoms with E-state index in [1.165, 1.54) is 135 Å². The Balaban J connectivity index is 5.34. The van der Waals surface area contributed by atoms with Gasteiger partial charge < -0.3 is 33.8 Å². The van der Waals surface area contributed by atoms with Crippen LogP contribution < -0.4 is 0 Å². The molecular weight excluding hydrogens is 1280 g/mol. The summed E-state index contributed by atoms with van der Waals surface area (Å²) in [7, 11) is -9.95. The summed E-state index contributed by atoms with van der Waals surface area (Å²) >= 11 is 0. The van der Waals surface area contributed by atoms with Crippen molar-refractivity contribution in [3.8, 4) is 0 Å². The second-order valence-electron chi connectivity index (χ2n) is 26.7. The van der Waals surface area contributed by atoms with Gasteiger partial charge in [0.15, 0.2) is 12.2 Å². The first-order chi connectivity index (χ1) is 47.7. The van der Waals surface area contributed by atoms with E-state index >= 15 is 0 Å². The normalized spacial score (nSPS) is 14.2. The maximum Gasteiger partial charge on any atom is 0.472 e. The molecule has 0 aromatic rings. The zero-order chi connectivity index (χ0) is 71.8. The van der Waals surface area contributed by atoms with Crippen LogP contribution in [0.5, 0.6) is 0 Å². The van der Waals surface area contributed by atoms with Crippen LogP contribution in [-0.2, 0) is 65.4 Å². The summed E-state index contributed by atoms with van der Waals surface area (Å²) in [5.74, 6) is -2.18. The summed E-state index contributed by atoms with van der Waals surface area (Å²) < 4.78 is 68.5. The Bertz CT molecular complexity index is 2100. The van der Waals surface area contributed by atoms with Crippen LogP contribution in [0.4, 0.5) is 0 Å². The molecule has 0 fully saturated rings. The van der Waals surface area contributed by atoms with Gasteiger partial charge >= 0.3 is 39.5 Å². The molecule has 2 unspecified atom stereocenters. The number of carbonyl (C=O) groups excluding carboxylic acids is 4. The van der Waals surface area contributed by atoms with E-state index in [1.54, 1.807) is 0 Å². The minimum absolute atomic E-state index is 0.0791. The monoisotopic (exact) mass is 1430 g/mol. The van der Waals surface area contributed by atoms with Crippen molar-refractivity contribution in [2.24, 2.45) is 0 Å². The molecule has 0 aliphatic rings. The molecule has 0 aromatic heterocycles. The van der Waals surface area contributed by atoms with E-state index in [0.29, 0.717) is 25.7 Å². The third-order valence-electron chi connectivity index (χ3n) is 17.0. The van der Waals surface area contributed by atoms with Crippen molar-refractivity contribution >= 4 is 39.5 Å². The predicted octanol–water partition coefficient (Wildman–Crippen LogP) is 22.7. The van der Waals surface area contributed by atoms with Crippen LogP contribution in [0.1, 0.15) is 362 Å². The molecular formula is C79H144O17P2. The second kappa shape index (κ2) is 72.1. The number of ether oxygens (including phenoxy) is 4. The van der Waals surface area contributed by atoms with Gasteiger partial charge in [-0.2, -0.15) is 0 Å². The summed E-state index contributed by atoms with van der Waals surface area (Å²) in [5, 5.41) is 10.6. The molecule has 3 N–H and O–H groups in total. The van der Waals surface area contributed by atoms with Crippen molar-refractivity contribution in [3.05, 3.63) is 60.8 Å². The van der Waals surface area contributed by atoms with Gasteiger partial charge in [0.1, 0.15) is 19.3 Å². The van der Waals surface area contributed by atoms with Gasteiger partial charge in [-0.3, -0.25) is 37.3 Å². The van der Waals surface area contributed by atoms with Gasteiger partial charge in [-0.15, -0.1) is 0 Å². The van der Waals surface area contributed by atoms with Gasteiger partial charge in [0.2, 0.25) is 0 Å². The highest BCUT2D eigenvalue weighted by Crippen LogP contribution is 2.45. The average molecular weight is 1430 g/mol. The number of aliphatic hydroxyl groups excluding tert-OH is 1. The number of unbranched alkanes of at least 4 members (excludes halogenated alkanes) is 39. The van der Waals surface area contributed by atoms with Gasteiger partial charge in [-0.1, -0.05) is 281 Å². The molecule has 0 spiro atoms. The number of esters is 4. The summed E-state index contributed by atoms with van der Waals surface area (Å²) in [4.78, 5) is 72.9. The van der Waals surface area contributed by atoms with Gasteiger partial charge in [0.05, 0.1) is 26.4 Å². The SMILES string of the molecule is CCCCC/C=C\C/C=C\CCCCCCCC(=O)OC[C@H](COP(=O)(O)OC[C@@H](O)COP(=O)(O)OC[C@@H](COC(=O)CCCCCCCCCCCCCCCCC)OC(=O)CCCCCCC/C=C\CCCCCC)OC(=O)CCCCCCC/C=C\C/C=C\CCCCC. The number of allylic oxidation sites excluding steroid dienone is 10. The minimum Gasteiger partial charge on any atom is -0.462 e. The Morgan fingerprint density at radius 2 is 0.500 bits per heavy atom. The lowest BCUT2D eigenvalue weighted by molar-refractivity contribution is -0.161. The molecule has 0 amide bonds. The third-order valence-corrected chi connectivity index (χ3v) is 18.9. The lowest BCUT2D eigenvalue weighted by Crippen LogP contribution is -2.30. The van der Waals surface area contributed by atoms with Crippen LogP contribution in [0.2, 0.25) is 0 Å². The van der Waals surface area contributed by atoms with E-state index in [4.69, 9.17) is 37.0 Å². The molecule has 0 aliphatic heterocycles. The number of rotatable bonds is 75. The molecule has 17 nitrogen and oxygen atoms in total. The van der Waals surface area contributed by atoms with E-state index < -0.39 is 97.5 Å². The molecule has 0 radical (unpaired) electrons. The molecule has 98 heavy (non-hydrogen) atoms. The molecule has 0 saturated carbocycles. The number of phosphoric acid groups is 2. The van der Waals surface area contributed by atoms with Crippen LogP contribution in [0, 0.1) is 0 Å². The van der Waals surface area contributed by atoms with Gasteiger partial charge in [0, 0.05) is 25.7 Å². The Labute approximate surface area is 597 Å². The van der Waals surface area contributed by atoms with Crippen LogP contribution in [0.25, 0.3) is 0 Å². The van der Waals surface area contributed by atoms with Crippen molar-refractivity contribution in [3.63, 3.8) is 0 Å². The molecule has 0 aliphatic carbocycles. The summed E-state index contributed by atoms with van der Waals surface area (Å²) in [6, 6.07) is 0. The second-order valence-corrected chi connectivity index (χ2v) is 29.6. The number of hydrogen-bond acceptors (Lipinski definition) is 15. The van der Waals surface area contributed by atoms with Crippen LogP contribution in [-0.4, -0.2) is 96.7 Å². The lowest BCUT2D eigenvalue weighted by atomic mass is 10.0. The Kier molecular flexibility index (Phi) is 69.7. The zero-order valence-corrected chi connectivity index (χ0v) is 64.3. The molecule has 0 saturated heterocycles. The van der Waals surface area contributed by atoms with E-state index in [1.807, 2.05) is 0 Å². The lowest BCUT2D eigenvalue weighted by Gasteiger charge is -2.21. The standard InChI is InChI=1S/C79H144O17P2/c1-5-9-13-17-21-25-29-33-36-40-43-47-51-55-59-63-76(81)89-69-74(95-78(83)65-61-57-53-49-45-39-32-28-24-20-16-12-8-4)71-93-97(85,86)91-67-73(80)68-92-98(87,88)94-72-75(96-79(84)66-62-58-54-50-46-42-38-35-31-27-23-19-15-11-7-3)70-90-77(82)64-60-56-52-48-44-41-37-34-30-26-22-18-14-10-6-2/h22-23,26-28,32,34-35,37-38,73-75,80H,5-21,24-25,29-31,33,36,39-72H2,1-4H3,(H,85,86)(H,87,88)/b26-22-,27-23-,32-28-,37-34-,38-35-/t73-,74+,75+/m0/s1. The maximum atomic E-state index is 13.1. The van der Waals surface area contributed by atoms with Crippen LogP contribution in [0.15, 0.2) is 60.8 Å². The first-order valence-electron chi connectivity index (χ1n) is 39.5. The largest absolute Gasteiger partial charge is 0.472 e. The van der Waals surface area contributed by atoms with Gasteiger partial charge in [-0.25, -0.2) is 9.13 Å². The van der Waals surface area contributed by atoms with Gasteiger partial charge in [0.25, 0.3) is 0 Å². The van der Waals surface area contributed by atoms with Crippen molar-refractivity contribution < 1.29 is 80.2 Å². The number of carbonyl (C=O) groups is 4. The average Bonchev–Trinajstić information content (AvgIpc) is 1.04. The summed E-state index contributed by atoms with van der Waals surface area (Å²) in [5.41, 5.74) is 0. The summed E-state index contributed by atoms with van der Waals surface area (Å²) in [6.07, 6.45) is 70.5. The highest BCUT2D eigenvalue weighted by atomic mass is 31.2. The fraction of sp³-hybridized carbons (Fsp3) is 0.823. The van der Waals surface area contributed by atoms with Crippen LogP contribution in [0.3, 0.4) is 0 Å². The highest BCUT2D eigenvalue weighted by Gasteiger charge is 2.30. The summed E-state index contributed by atoms with van der Waals surface area (Å²) in [6.45, 7) is 4.83. The number of hydrogen-bond donors (Lipinski definition) is 3. The first-order valence-corrected chi connectivity index (χ1v) is 42.5. The van der Waals surface area contributed by atoms with Gasteiger partial charge in [-0.05, 0) is 116 Å². The van der Waals surface area contributed by atoms with E-state index in [-0.39, 0.29) is 25.7 Å². The smallest absolute Gasteiger partial charge is 0.462 e. The topological polar surface area (TPSA) is 237 Å². The minimum atomic E-state index is -4.98. The quantitative estimate of drug-likeness (QED) is 0.0169. The molecule has 0 aromatic carbocycles. The third kappa shape index (κ3) is 71.2. The Hall–Kier alpha value is -3.24. The van der Waals surface area contributed by atoms with E-state index in [2.05, 4.69) is 88.5 Å². The number of aliphatic hydroxyl groups is 1. The van der Waals surface area contributed by atoms with Crippen molar-refractivity contribution in [1.29, 1.82) is 0 Å². The van der Waals surface area contributed by atoms with Crippen LogP contribution >= 0.6 is 15.6 Å². The molecule has 5 atom stereocenters. The Morgan fingerprint density at radius 1 is 0.286 bits per heavy atom. The fourth-order valence-corrected chi connectivity index (χ4v) is 12.4. The predicted molar refractivity (Wildman–Crippen MR) is 400 cm³/mol. The van der Waals surface area contributed by atoms with Crippen molar-refractivity contribution in [1.82, 2.24) is 0 Å². The zero-order valence-electron chi connectivity index (χ0n) is 62.5. The first kappa shape index (κ1) is 94.8. The number of phosphoric ester groups is 2. The molecule has 0 rings (SSSR count). The van der Waals surface area contributed by atoms with Crippen molar-refractivity contribution in [2.75, 3.05) is 39.6 Å². The van der Waals surface area contributed by atoms with E-state index in [9.17, 15) is 43.2 Å².